The fraction of sp³-hybridized carbons (Fsp3) is 1.00. The predicted octanol–water partition coefficient (Wildman–Crippen LogP) is 1.15. The van der Waals surface area contributed by atoms with Gasteiger partial charge in [-0.2, -0.15) is 13.2 Å². The predicted molar refractivity (Wildman–Crippen MR) is 61.7 cm³/mol. The van der Waals surface area contributed by atoms with Crippen molar-refractivity contribution >= 4 is 0 Å². The Balaban J connectivity index is 2.51. The number of nitrogens with zero attached hydrogens (tertiary/aromatic N) is 2. The van der Waals surface area contributed by atoms with E-state index in [0.29, 0.717) is 19.1 Å². The van der Waals surface area contributed by atoms with Gasteiger partial charge in [-0.1, -0.05) is 6.92 Å². The zero-order valence-corrected chi connectivity index (χ0v) is 10.5. The Hall–Kier alpha value is -0.330. The maximum absolute atomic E-state index is 12.6. The molecule has 1 heterocycles. The van der Waals surface area contributed by atoms with Crippen molar-refractivity contribution in [3.8, 4) is 0 Å². The first-order chi connectivity index (χ1) is 7.88. The van der Waals surface area contributed by atoms with Crippen molar-refractivity contribution < 1.29 is 13.2 Å². The third-order valence-electron chi connectivity index (χ3n) is 3.56. The molecule has 2 unspecified atom stereocenters. The molecule has 0 bridgehead atoms. The van der Waals surface area contributed by atoms with E-state index in [9.17, 15) is 13.2 Å². The minimum absolute atomic E-state index is 0.0321. The van der Waals surface area contributed by atoms with Crippen LogP contribution in [0.5, 0.6) is 0 Å². The topological polar surface area (TPSA) is 32.5 Å². The molecule has 102 valence electrons. The van der Waals surface area contributed by atoms with Gasteiger partial charge in [-0.25, -0.2) is 0 Å². The number of rotatable bonds is 4. The molecule has 2 atom stereocenters. The van der Waals surface area contributed by atoms with Crippen LogP contribution < -0.4 is 5.73 Å². The van der Waals surface area contributed by atoms with Crippen LogP contribution in [0.2, 0.25) is 0 Å². The van der Waals surface area contributed by atoms with E-state index < -0.39 is 12.1 Å². The molecule has 0 spiro atoms. The molecular formula is C11H22F3N3. The average molecular weight is 253 g/mol. The van der Waals surface area contributed by atoms with E-state index in [1.54, 1.807) is 0 Å². The first-order valence-electron chi connectivity index (χ1n) is 6.07. The largest absolute Gasteiger partial charge is 0.394 e. The fourth-order valence-corrected chi connectivity index (χ4v) is 2.24. The standard InChI is InChI=1S/C11H22F3N3/c1-3-10-8-17(5-4-16(10)2)7-9(6-15)11(12,13)14/h9-10H,3-8,15H2,1-2H3. The minimum Gasteiger partial charge on any atom is -0.330 e. The molecular weight excluding hydrogens is 231 g/mol. The lowest BCUT2D eigenvalue weighted by atomic mass is 10.1. The molecule has 0 aromatic rings. The van der Waals surface area contributed by atoms with Gasteiger partial charge in [0.25, 0.3) is 0 Å². The average Bonchev–Trinajstić information content (AvgIpc) is 2.26. The summed E-state index contributed by atoms with van der Waals surface area (Å²) in [6.07, 6.45) is -3.22. The number of alkyl halides is 3. The summed E-state index contributed by atoms with van der Waals surface area (Å²) in [4.78, 5) is 4.10. The highest BCUT2D eigenvalue weighted by atomic mass is 19.4. The molecule has 1 fully saturated rings. The van der Waals surface area contributed by atoms with Crippen molar-refractivity contribution in [3.63, 3.8) is 0 Å². The summed E-state index contributed by atoms with van der Waals surface area (Å²) in [6.45, 7) is 4.00. The van der Waals surface area contributed by atoms with Crippen LogP contribution in [0.4, 0.5) is 13.2 Å². The monoisotopic (exact) mass is 253 g/mol. The lowest BCUT2D eigenvalue weighted by molar-refractivity contribution is -0.177. The quantitative estimate of drug-likeness (QED) is 0.816. The Labute approximate surface area is 101 Å². The normalized spacial score (nSPS) is 26.1. The summed E-state index contributed by atoms with van der Waals surface area (Å²) >= 11 is 0. The zero-order valence-electron chi connectivity index (χ0n) is 10.5. The van der Waals surface area contributed by atoms with Crippen molar-refractivity contribution in [2.45, 2.75) is 25.6 Å². The highest BCUT2D eigenvalue weighted by molar-refractivity contribution is 4.82. The highest BCUT2D eigenvalue weighted by Crippen LogP contribution is 2.26. The molecule has 6 heteroatoms. The molecule has 3 nitrogen and oxygen atoms in total. The fourth-order valence-electron chi connectivity index (χ4n) is 2.24. The van der Waals surface area contributed by atoms with Gasteiger partial charge in [-0.15, -0.1) is 0 Å². The molecule has 1 rings (SSSR count). The molecule has 1 saturated heterocycles. The molecule has 17 heavy (non-hydrogen) atoms. The van der Waals surface area contributed by atoms with Gasteiger partial charge in [0.1, 0.15) is 0 Å². The van der Waals surface area contributed by atoms with E-state index in [0.717, 1.165) is 13.0 Å². The van der Waals surface area contributed by atoms with Crippen LogP contribution in [0, 0.1) is 5.92 Å². The number of piperazine rings is 1. The maximum atomic E-state index is 12.6. The molecule has 0 aliphatic carbocycles. The Bertz CT molecular complexity index is 232. The van der Waals surface area contributed by atoms with Crippen LogP contribution in [-0.2, 0) is 0 Å². The van der Waals surface area contributed by atoms with Crippen LogP contribution in [0.15, 0.2) is 0 Å². The van der Waals surface area contributed by atoms with Gasteiger partial charge in [0.15, 0.2) is 0 Å². The summed E-state index contributed by atoms with van der Waals surface area (Å²) in [5.41, 5.74) is 5.21. The molecule has 0 saturated carbocycles. The van der Waals surface area contributed by atoms with E-state index in [2.05, 4.69) is 11.8 Å². The molecule has 0 amide bonds. The second kappa shape index (κ2) is 6.02. The Morgan fingerprint density at radius 3 is 2.47 bits per heavy atom. The number of hydrogen-bond donors (Lipinski definition) is 1. The summed E-state index contributed by atoms with van der Waals surface area (Å²) < 4.78 is 37.8. The summed E-state index contributed by atoms with van der Waals surface area (Å²) in [5, 5.41) is 0. The van der Waals surface area contributed by atoms with Crippen LogP contribution in [0.3, 0.4) is 0 Å². The molecule has 1 aliphatic rings. The highest BCUT2D eigenvalue weighted by Gasteiger charge is 2.40. The van der Waals surface area contributed by atoms with Crippen LogP contribution >= 0.6 is 0 Å². The molecule has 0 aromatic heterocycles. The Morgan fingerprint density at radius 1 is 1.35 bits per heavy atom. The van der Waals surface area contributed by atoms with E-state index in [1.165, 1.54) is 0 Å². The van der Waals surface area contributed by atoms with Gasteiger partial charge in [0.2, 0.25) is 0 Å². The van der Waals surface area contributed by atoms with Gasteiger partial charge >= 0.3 is 6.18 Å². The smallest absolute Gasteiger partial charge is 0.330 e. The summed E-state index contributed by atoms with van der Waals surface area (Å²) in [6, 6.07) is 0.357. The van der Waals surface area contributed by atoms with Crippen LogP contribution in [-0.4, -0.2) is 61.8 Å². The van der Waals surface area contributed by atoms with Crippen molar-refractivity contribution in [1.29, 1.82) is 0 Å². The second-order valence-electron chi connectivity index (χ2n) is 4.78. The van der Waals surface area contributed by atoms with Gasteiger partial charge in [0.05, 0.1) is 5.92 Å². The van der Waals surface area contributed by atoms with Crippen molar-refractivity contribution in [2.75, 3.05) is 39.8 Å². The lowest BCUT2D eigenvalue weighted by Crippen LogP contribution is -2.53. The second-order valence-corrected chi connectivity index (χ2v) is 4.78. The van der Waals surface area contributed by atoms with Crippen molar-refractivity contribution in [1.82, 2.24) is 9.80 Å². The SMILES string of the molecule is CCC1CN(CC(CN)C(F)(F)F)CCN1C. The van der Waals surface area contributed by atoms with E-state index in [4.69, 9.17) is 5.73 Å². The van der Waals surface area contributed by atoms with E-state index in [-0.39, 0.29) is 13.1 Å². The molecule has 0 radical (unpaired) electrons. The molecule has 2 N–H and O–H groups in total. The maximum Gasteiger partial charge on any atom is 0.394 e. The lowest BCUT2D eigenvalue weighted by Gasteiger charge is -2.40. The number of hydrogen-bond acceptors (Lipinski definition) is 3. The third kappa shape index (κ3) is 4.12. The molecule has 0 aromatic carbocycles. The third-order valence-corrected chi connectivity index (χ3v) is 3.56. The number of nitrogens with two attached hydrogens (primary N) is 1. The van der Waals surface area contributed by atoms with Gasteiger partial charge < -0.3 is 10.6 Å². The van der Waals surface area contributed by atoms with Crippen LogP contribution in [0.25, 0.3) is 0 Å². The van der Waals surface area contributed by atoms with Crippen molar-refractivity contribution in [3.05, 3.63) is 0 Å². The zero-order chi connectivity index (χ0) is 13.1. The number of likely N-dealkylation sites (N-methyl/N-ethyl adjacent to an activating group) is 1. The van der Waals surface area contributed by atoms with Gasteiger partial charge in [-0.05, 0) is 13.5 Å². The Morgan fingerprint density at radius 2 is 2.00 bits per heavy atom. The van der Waals surface area contributed by atoms with Crippen LogP contribution in [0.1, 0.15) is 13.3 Å². The number of halogens is 3. The minimum atomic E-state index is -4.18. The van der Waals surface area contributed by atoms with E-state index in [1.807, 2.05) is 11.9 Å². The Kier molecular flexibility index (Phi) is 5.22. The molecule has 1 aliphatic heterocycles. The van der Waals surface area contributed by atoms with Crippen molar-refractivity contribution in [2.24, 2.45) is 11.7 Å². The summed E-state index contributed by atoms with van der Waals surface area (Å²) in [5.74, 6) is -1.40. The van der Waals surface area contributed by atoms with E-state index >= 15 is 0 Å². The first kappa shape index (κ1) is 14.7. The van der Waals surface area contributed by atoms with Gasteiger partial charge in [-0.3, -0.25) is 4.90 Å². The van der Waals surface area contributed by atoms with Gasteiger partial charge in [0, 0.05) is 38.8 Å². The summed E-state index contributed by atoms with van der Waals surface area (Å²) in [7, 11) is 2.02. The first-order valence-corrected chi connectivity index (χ1v) is 6.07.